The van der Waals surface area contributed by atoms with Crippen LogP contribution in [0.3, 0.4) is 0 Å². The van der Waals surface area contributed by atoms with Crippen molar-refractivity contribution >= 4 is 23.2 Å². The maximum Gasteiger partial charge on any atom is 0.213 e. The van der Waals surface area contributed by atoms with Gasteiger partial charge in [0, 0.05) is 25.4 Å². The largest absolute Gasteiger partial charge is 0.489 e. The van der Waals surface area contributed by atoms with Gasteiger partial charge < -0.3 is 14.8 Å². The summed E-state index contributed by atoms with van der Waals surface area (Å²) in [5, 5.41) is 4.42. The molecule has 0 aliphatic heterocycles. The lowest BCUT2D eigenvalue weighted by Gasteiger charge is -2.09. The van der Waals surface area contributed by atoms with Crippen LogP contribution < -0.4 is 14.8 Å². The van der Waals surface area contributed by atoms with E-state index in [2.05, 4.69) is 10.3 Å². The molecule has 0 bridgehead atoms. The second kappa shape index (κ2) is 10.2. The van der Waals surface area contributed by atoms with E-state index < -0.39 is 0 Å². The number of pyridine rings is 1. The summed E-state index contributed by atoms with van der Waals surface area (Å²) in [6.07, 6.45) is 1.72. The van der Waals surface area contributed by atoms with E-state index in [0.717, 1.165) is 24.4 Å². The molecule has 3 rings (SSSR count). The van der Waals surface area contributed by atoms with Gasteiger partial charge in [0.2, 0.25) is 5.88 Å². The highest BCUT2D eigenvalue weighted by Gasteiger charge is 2.01. The molecular formula is C21H20Cl2N2O2. The molecular weight excluding hydrogens is 383 g/mol. The van der Waals surface area contributed by atoms with Crippen LogP contribution >= 0.6 is 23.2 Å². The van der Waals surface area contributed by atoms with Gasteiger partial charge in [-0.3, -0.25) is 0 Å². The normalized spacial score (nSPS) is 10.6. The lowest BCUT2D eigenvalue weighted by atomic mass is 10.2. The molecule has 3 aromatic rings. The van der Waals surface area contributed by atoms with E-state index in [9.17, 15) is 0 Å². The molecule has 1 heterocycles. The van der Waals surface area contributed by atoms with Crippen molar-refractivity contribution in [3.05, 3.63) is 88.0 Å². The predicted octanol–water partition coefficient (Wildman–Crippen LogP) is 5.14. The molecule has 4 nitrogen and oxygen atoms in total. The standard InChI is InChI=1S/C21H20Cl2N2O2/c22-19-9-6-17(13-20(19)23)15-27-18-7-4-16(5-8-18)14-24-11-12-26-21-3-1-2-10-25-21/h1-10,13,24H,11-12,14-15H2. The highest BCUT2D eigenvalue weighted by Crippen LogP contribution is 2.23. The van der Waals surface area contributed by atoms with Gasteiger partial charge in [0.15, 0.2) is 0 Å². The highest BCUT2D eigenvalue weighted by molar-refractivity contribution is 6.42. The molecule has 0 saturated carbocycles. The average molecular weight is 403 g/mol. The molecule has 140 valence electrons. The number of nitrogens with zero attached hydrogens (tertiary/aromatic N) is 1. The number of hydrogen-bond acceptors (Lipinski definition) is 4. The number of rotatable bonds is 9. The number of ether oxygens (including phenoxy) is 2. The van der Waals surface area contributed by atoms with Gasteiger partial charge in [0.05, 0.1) is 10.0 Å². The number of halogens is 2. The SMILES string of the molecule is Clc1ccc(COc2ccc(CNCCOc3ccccn3)cc2)cc1Cl. The zero-order chi connectivity index (χ0) is 18.9. The monoisotopic (exact) mass is 402 g/mol. The molecule has 0 amide bonds. The number of benzene rings is 2. The van der Waals surface area contributed by atoms with Crippen LogP contribution in [0.1, 0.15) is 11.1 Å². The van der Waals surface area contributed by atoms with E-state index in [1.807, 2.05) is 54.6 Å². The van der Waals surface area contributed by atoms with Gasteiger partial charge in [-0.1, -0.05) is 47.5 Å². The molecule has 0 aliphatic carbocycles. The van der Waals surface area contributed by atoms with Crippen molar-refractivity contribution in [1.82, 2.24) is 10.3 Å². The fourth-order valence-electron chi connectivity index (χ4n) is 2.39. The van der Waals surface area contributed by atoms with Crippen molar-refractivity contribution in [2.45, 2.75) is 13.2 Å². The van der Waals surface area contributed by atoms with Crippen molar-refractivity contribution in [3.8, 4) is 11.6 Å². The minimum absolute atomic E-state index is 0.444. The van der Waals surface area contributed by atoms with Crippen molar-refractivity contribution in [2.75, 3.05) is 13.2 Å². The topological polar surface area (TPSA) is 43.4 Å². The number of hydrogen-bond donors (Lipinski definition) is 1. The first-order valence-corrected chi connectivity index (χ1v) is 9.36. The third kappa shape index (κ3) is 6.43. The Morgan fingerprint density at radius 3 is 2.41 bits per heavy atom. The summed E-state index contributed by atoms with van der Waals surface area (Å²) < 4.78 is 11.3. The van der Waals surface area contributed by atoms with Crippen LogP contribution in [0.15, 0.2) is 66.9 Å². The molecule has 1 N–H and O–H groups in total. The van der Waals surface area contributed by atoms with Gasteiger partial charge in [0.25, 0.3) is 0 Å². The van der Waals surface area contributed by atoms with Crippen LogP contribution in [-0.4, -0.2) is 18.1 Å². The fraction of sp³-hybridized carbons (Fsp3) is 0.190. The fourth-order valence-corrected chi connectivity index (χ4v) is 2.71. The molecule has 0 spiro atoms. The Bertz CT molecular complexity index is 843. The first-order valence-electron chi connectivity index (χ1n) is 8.61. The van der Waals surface area contributed by atoms with Crippen LogP contribution in [0, 0.1) is 0 Å². The van der Waals surface area contributed by atoms with Crippen LogP contribution in [0.2, 0.25) is 10.0 Å². The molecule has 0 fully saturated rings. The van der Waals surface area contributed by atoms with E-state index in [4.69, 9.17) is 32.7 Å². The smallest absolute Gasteiger partial charge is 0.213 e. The minimum atomic E-state index is 0.444. The number of nitrogens with one attached hydrogen (secondary N) is 1. The lowest BCUT2D eigenvalue weighted by molar-refractivity contribution is 0.301. The van der Waals surface area contributed by atoms with Crippen molar-refractivity contribution < 1.29 is 9.47 Å². The van der Waals surface area contributed by atoms with Gasteiger partial charge in [0.1, 0.15) is 19.0 Å². The Morgan fingerprint density at radius 2 is 1.67 bits per heavy atom. The first-order chi connectivity index (χ1) is 13.2. The van der Waals surface area contributed by atoms with Gasteiger partial charge in [-0.05, 0) is 41.5 Å². The van der Waals surface area contributed by atoms with Crippen molar-refractivity contribution in [3.63, 3.8) is 0 Å². The summed E-state index contributed by atoms with van der Waals surface area (Å²) in [6.45, 7) is 2.52. The summed E-state index contributed by atoms with van der Waals surface area (Å²) >= 11 is 11.9. The van der Waals surface area contributed by atoms with E-state index in [1.54, 1.807) is 12.3 Å². The number of aromatic nitrogens is 1. The molecule has 2 aromatic carbocycles. The maximum absolute atomic E-state index is 6.02. The Hall–Kier alpha value is -2.27. The van der Waals surface area contributed by atoms with Crippen molar-refractivity contribution in [2.24, 2.45) is 0 Å². The molecule has 0 aliphatic rings. The van der Waals surface area contributed by atoms with Gasteiger partial charge >= 0.3 is 0 Å². The zero-order valence-electron chi connectivity index (χ0n) is 14.7. The minimum Gasteiger partial charge on any atom is -0.489 e. The Morgan fingerprint density at radius 1 is 0.852 bits per heavy atom. The zero-order valence-corrected chi connectivity index (χ0v) is 16.2. The summed E-state index contributed by atoms with van der Waals surface area (Å²) in [4.78, 5) is 4.11. The first kappa shape index (κ1) is 19.5. The Labute approximate surface area is 169 Å². The second-order valence-electron chi connectivity index (χ2n) is 5.87. The summed E-state index contributed by atoms with van der Waals surface area (Å²) in [5.41, 5.74) is 2.15. The third-order valence-electron chi connectivity index (χ3n) is 3.81. The highest BCUT2D eigenvalue weighted by atomic mass is 35.5. The maximum atomic E-state index is 6.02. The molecule has 0 saturated heterocycles. The molecule has 0 atom stereocenters. The van der Waals surface area contributed by atoms with Gasteiger partial charge in [-0.25, -0.2) is 4.98 Å². The lowest BCUT2D eigenvalue weighted by Crippen LogP contribution is -2.20. The van der Waals surface area contributed by atoms with Gasteiger partial charge in [-0.2, -0.15) is 0 Å². The van der Waals surface area contributed by atoms with E-state index in [0.29, 0.717) is 29.1 Å². The van der Waals surface area contributed by atoms with Crippen LogP contribution in [-0.2, 0) is 13.2 Å². The van der Waals surface area contributed by atoms with E-state index in [-0.39, 0.29) is 0 Å². The summed E-state index contributed by atoms with van der Waals surface area (Å²) in [7, 11) is 0. The average Bonchev–Trinajstić information content (AvgIpc) is 2.70. The van der Waals surface area contributed by atoms with E-state index >= 15 is 0 Å². The predicted molar refractivity (Wildman–Crippen MR) is 109 cm³/mol. The van der Waals surface area contributed by atoms with Crippen LogP contribution in [0.4, 0.5) is 0 Å². The molecule has 1 aromatic heterocycles. The summed E-state index contributed by atoms with van der Waals surface area (Å²) in [5.74, 6) is 1.45. The van der Waals surface area contributed by atoms with Crippen LogP contribution in [0.5, 0.6) is 11.6 Å². The van der Waals surface area contributed by atoms with Crippen LogP contribution in [0.25, 0.3) is 0 Å². The van der Waals surface area contributed by atoms with Crippen molar-refractivity contribution in [1.29, 1.82) is 0 Å². The molecule has 0 radical (unpaired) electrons. The quantitative estimate of drug-likeness (QED) is 0.503. The Kier molecular flexibility index (Phi) is 7.34. The molecule has 27 heavy (non-hydrogen) atoms. The van der Waals surface area contributed by atoms with E-state index in [1.165, 1.54) is 5.56 Å². The van der Waals surface area contributed by atoms with Gasteiger partial charge in [-0.15, -0.1) is 0 Å². The Balaban J connectivity index is 1.37. The third-order valence-corrected chi connectivity index (χ3v) is 4.55. The molecule has 6 heteroatoms. The molecule has 0 unspecified atom stereocenters. The second-order valence-corrected chi connectivity index (χ2v) is 6.69. The summed E-state index contributed by atoms with van der Waals surface area (Å²) in [6, 6.07) is 19.1.